The third-order valence-corrected chi connectivity index (χ3v) is 4.36. The molecule has 0 bridgehead atoms. The van der Waals surface area contributed by atoms with Gasteiger partial charge in [0, 0.05) is 28.4 Å². The topological polar surface area (TPSA) is 86.5 Å². The van der Waals surface area contributed by atoms with Crippen molar-refractivity contribution in [2.24, 2.45) is 0 Å². The van der Waals surface area contributed by atoms with Crippen LogP contribution < -0.4 is 5.32 Å². The van der Waals surface area contributed by atoms with Crippen LogP contribution >= 0.6 is 0 Å². The Labute approximate surface area is 142 Å². The van der Waals surface area contributed by atoms with E-state index < -0.39 is 0 Å². The minimum absolute atomic E-state index is 0.0796. The Kier molecular flexibility index (Phi) is 2.84. The molecule has 1 aliphatic heterocycles. The van der Waals surface area contributed by atoms with Gasteiger partial charge in [-0.2, -0.15) is 10.2 Å². The Morgan fingerprint density at radius 1 is 1.00 bits per heavy atom. The van der Waals surface area contributed by atoms with Gasteiger partial charge >= 0.3 is 0 Å². The molecular formula is C19H13N5O. The second kappa shape index (κ2) is 5.17. The first-order valence-corrected chi connectivity index (χ1v) is 7.90. The van der Waals surface area contributed by atoms with Crippen LogP contribution in [0.1, 0.15) is 11.1 Å². The highest BCUT2D eigenvalue weighted by atomic mass is 16.2. The number of benzene rings is 2. The van der Waals surface area contributed by atoms with Crippen LogP contribution in [-0.2, 0) is 4.79 Å². The summed E-state index contributed by atoms with van der Waals surface area (Å²) >= 11 is 0. The number of hydrogen-bond donors (Lipinski definition) is 3. The van der Waals surface area contributed by atoms with E-state index in [0.29, 0.717) is 5.57 Å². The largest absolute Gasteiger partial charge is 0.321 e. The number of rotatable bonds is 2. The van der Waals surface area contributed by atoms with Crippen molar-refractivity contribution in [1.82, 2.24) is 20.4 Å². The van der Waals surface area contributed by atoms with Gasteiger partial charge in [-0.25, -0.2) is 0 Å². The summed E-state index contributed by atoms with van der Waals surface area (Å²) in [6.07, 6.45) is 3.60. The van der Waals surface area contributed by atoms with Crippen LogP contribution in [0.4, 0.5) is 5.69 Å². The fraction of sp³-hybridized carbons (Fsp3) is 0. The van der Waals surface area contributed by atoms with E-state index in [1.54, 1.807) is 6.20 Å². The molecule has 2 aromatic heterocycles. The molecule has 1 amide bonds. The zero-order chi connectivity index (χ0) is 16.8. The molecule has 5 rings (SSSR count). The Bertz CT molecular complexity index is 1140. The lowest BCUT2D eigenvalue weighted by Crippen LogP contribution is -2.03. The predicted octanol–water partition coefficient (Wildman–Crippen LogP) is 3.45. The number of para-hydroxylation sites is 1. The molecule has 0 saturated carbocycles. The SMILES string of the molecule is O=C1Nc2ccccc2/C1=C/c1ccc2c(-c3ccn[nH]3)n[nH]c2c1. The van der Waals surface area contributed by atoms with E-state index in [0.717, 1.165) is 39.1 Å². The summed E-state index contributed by atoms with van der Waals surface area (Å²) < 4.78 is 0. The van der Waals surface area contributed by atoms with Crippen molar-refractivity contribution in [1.29, 1.82) is 0 Å². The minimum atomic E-state index is -0.0796. The molecular weight excluding hydrogens is 314 g/mol. The van der Waals surface area contributed by atoms with E-state index in [9.17, 15) is 4.79 Å². The normalized spacial score (nSPS) is 14.9. The summed E-state index contributed by atoms with van der Waals surface area (Å²) in [6.45, 7) is 0. The van der Waals surface area contributed by atoms with Crippen LogP contribution in [0.15, 0.2) is 54.7 Å². The van der Waals surface area contributed by atoms with Gasteiger partial charge in [-0.15, -0.1) is 0 Å². The summed E-state index contributed by atoms with van der Waals surface area (Å²) in [5.74, 6) is -0.0796. The highest BCUT2D eigenvalue weighted by Crippen LogP contribution is 2.33. The number of nitrogens with zero attached hydrogens (tertiary/aromatic N) is 2. The zero-order valence-electron chi connectivity index (χ0n) is 13.1. The van der Waals surface area contributed by atoms with Crippen molar-refractivity contribution in [3.05, 3.63) is 65.9 Å². The van der Waals surface area contributed by atoms with Crippen molar-refractivity contribution in [3.63, 3.8) is 0 Å². The maximum absolute atomic E-state index is 12.2. The molecule has 4 aromatic rings. The standard InChI is InChI=1S/C19H13N5O/c25-19-14(12-3-1-2-4-15(12)21-19)9-11-5-6-13-17(10-11)23-24-18(13)16-7-8-20-22-16/h1-10H,(H,20,22)(H,21,25)(H,23,24)/b14-9-. The molecule has 0 aliphatic carbocycles. The third kappa shape index (κ3) is 2.15. The van der Waals surface area contributed by atoms with Crippen LogP contribution in [0.3, 0.4) is 0 Å². The van der Waals surface area contributed by atoms with E-state index in [1.165, 1.54) is 0 Å². The van der Waals surface area contributed by atoms with E-state index >= 15 is 0 Å². The fourth-order valence-electron chi connectivity index (χ4n) is 3.17. The number of hydrogen-bond acceptors (Lipinski definition) is 3. The van der Waals surface area contributed by atoms with Gasteiger partial charge in [-0.05, 0) is 35.9 Å². The van der Waals surface area contributed by atoms with Crippen LogP contribution in [0.25, 0.3) is 33.9 Å². The van der Waals surface area contributed by atoms with E-state index in [1.807, 2.05) is 54.6 Å². The molecule has 3 heterocycles. The number of H-pyrrole nitrogens is 2. The van der Waals surface area contributed by atoms with E-state index in [-0.39, 0.29) is 5.91 Å². The monoisotopic (exact) mass is 327 g/mol. The van der Waals surface area contributed by atoms with Crippen LogP contribution in [-0.4, -0.2) is 26.3 Å². The summed E-state index contributed by atoms with van der Waals surface area (Å²) in [5, 5.41) is 18.2. The Balaban J connectivity index is 1.60. The van der Waals surface area contributed by atoms with Crippen molar-refractivity contribution in [2.45, 2.75) is 0 Å². The molecule has 6 nitrogen and oxygen atoms in total. The third-order valence-electron chi connectivity index (χ3n) is 4.36. The lowest BCUT2D eigenvalue weighted by molar-refractivity contribution is -0.110. The van der Waals surface area contributed by atoms with Crippen LogP contribution in [0.2, 0.25) is 0 Å². The number of amides is 1. The first kappa shape index (κ1) is 13.7. The van der Waals surface area contributed by atoms with Crippen molar-refractivity contribution >= 4 is 34.1 Å². The van der Waals surface area contributed by atoms with Crippen LogP contribution in [0.5, 0.6) is 0 Å². The van der Waals surface area contributed by atoms with Gasteiger partial charge < -0.3 is 5.32 Å². The average Bonchev–Trinajstić information content (AvgIpc) is 3.34. The predicted molar refractivity (Wildman–Crippen MR) is 96.6 cm³/mol. The number of fused-ring (bicyclic) bond motifs is 2. The molecule has 0 radical (unpaired) electrons. The first-order valence-electron chi connectivity index (χ1n) is 7.90. The second-order valence-electron chi connectivity index (χ2n) is 5.91. The molecule has 0 fully saturated rings. The number of carbonyl (C=O) groups is 1. The highest BCUT2D eigenvalue weighted by Gasteiger charge is 2.23. The van der Waals surface area contributed by atoms with Gasteiger partial charge in [0.1, 0.15) is 5.69 Å². The Hall–Kier alpha value is -3.67. The number of anilines is 1. The summed E-state index contributed by atoms with van der Waals surface area (Å²) in [6, 6.07) is 15.6. The van der Waals surface area contributed by atoms with Crippen molar-refractivity contribution in [3.8, 4) is 11.4 Å². The van der Waals surface area contributed by atoms with Crippen molar-refractivity contribution < 1.29 is 4.79 Å². The molecule has 1 aliphatic rings. The van der Waals surface area contributed by atoms with Gasteiger partial charge in [-0.3, -0.25) is 15.0 Å². The van der Waals surface area contributed by atoms with Gasteiger partial charge in [0.05, 0.1) is 11.2 Å². The lowest BCUT2D eigenvalue weighted by atomic mass is 10.0. The second-order valence-corrected chi connectivity index (χ2v) is 5.91. The Morgan fingerprint density at radius 2 is 1.92 bits per heavy atom. The maximum Gasteiger partial charge on any atom is 0.256 e. The molecule has 2 aromatic carbocycles. The summed E-state index contributed by atoms with van der Waals surface area (Å²) in [5.41, 5.74) is 5.98. The average molecular weight is 327 g/mol. The molecule has 3 N–H and O–H groups in total. The molecule has 6 heteroatoms. The zero-order valence-corrected chi connectivity index (χ0v) is 13.1. The highest BCUT2D eigenvalue weighted by molar-refractivity contribution is 6.34. The molecule has 0 unspecified atom stereocenters. The van der Waals surface area contributed by atoms with E-state index in [4.69, 9.17) is 0 Å². The number of carbonyl (C=O) groups excluding carboxylic acids is 1. The van der Waals surface area contributed by atoms with Gasteiger partial charge in [0.25, 0.3) is 5.91 Å². The summed E-state index contributed by atoms with van der Waals surface area (Å²) in [7, 11) is 0. The smallest absolute Gasteiger partial charge is 0.256 e. The number of aromatic amines is 2. The summed E-state index contributed by atoms with van der Waals surface area (Å²) in [4.78, 5) is 12.2. The number of nitrogens with one attached hydrogen (secondary N) is 3. The molecule has 0 atom stereocenters. The molecule has 0 saturated heterocycles. The fourth-order valence-corrected chi connectivity index (χ4v) is 3.17. The Morgan fingerprint density at radius 3 is 2.80 bits per heavy atom. The quantitative estimate of drug-likeness (QED) is 0.493. The first-order chi connectivity index (χ1) is 12.3. The minimum Gasteiger partial charge on any atom is -0.321 e. The van der Waals surface area contributed by atoms with Crippen LogP contribution in [0, 0.1) is 0 Å². The van der Waals surface area contributed by atoms with Crippen molar-refractivity contribution in [2.75, 3.05) is 5.32 Å². The van der Waals surface area contributed by atoms with Gasteiger partial charge in [0.2, 0.25) is 0 Å². The molecule has 120 valence electrons. The maximum atomic E-state index is 12.2. The van der Waals surface area contributed by atoms with Gasteiger partial charge in [-0.1, -0.05) is 24.3 Å². The molecule has 25 heavy (non-hydrogen) atoms. The van der Waals surface area contributed by atoms with E-state index in [2.05, 4.69) is 25.7 Å². The van der Waals surface area contributed by atoms with Gasteiger partial charge in [0.15, 0.2) is 0 Å². The number of aromatic nitrogens is 4. The lowest BCUT2D eigenvalue weighted by Gasteiger charge is -1.99. The molecule has 0 spiro atoms.